The summed E-state index contributed by atoms with van der Waals surface area (Å²) in [6.07, 6.45) is 3.24. The van der Waals surface area contributed by atoms with Crippen molar-refractivity contribution in [2.24, 2.45) is 0 Å². The average Bonchev–Trinajstić information content (AvgIpc) is 2.76. The molecule has 0 heterocycles. The molecule has 32 heavy (non-hydrogen) atoms. The SMILES string of the molecule is CCCCNC(=O)/C(C#N)=C/c1ccc(OC(=O)COc2cc(C)cc(C)c2)c(OC)c1. The maximum absolute atomic E-state index is 12.2. The topological polar surface area (TPSA) is 97.7 Å². The monoisotopic (exact) mass is 436 g/mol. The van der Waals surface area contributed by atoms with Gasteiger partial charge in [0.25, 0.3) is 5.91 Å². The van der Waals surface area contributed by atoms with Crippen LogP contribution in [0.4, 0.5) is 0 Å². The largest absolute Gasteiger partial charge is 0.493 e. The van der Waals surface area contributed by atoms with Crippen molar-refractivity contribution in [2.75, 3.05) is 20.3 Å². The Bertz CT molecular complexity index is 1020. The summed E-state index contributed by atoms with van der Waals surface area (Å²) in [4.78, 5) is 24.4. The molecule has 1 amide bonds. The van der Waals surface area contributed by atoms with Gasteiger partial charge in [-0.25, -0.2) is 4.79 Å². The molecule has 0 aliphatic heterocycles. The molecular weight excluding hydrogens is 408 g/mol. The van der Waals surface area contributed by atoms with E-state index < -0.39 is 11.9 Å². The van der Waals surface area contributed by atoms with E-state index in [9.17, 15) is 14.9 Å². The van der Waals surface area contributed by atoms with E-state index in [4.69, 9.17) is 14.2 Å². The van der Waals surface area contributed by atoms with Gasteiger partial charge in [0.15, 0.2) is 18.1 Å². The van der Waals surface area contributed by atoms with Crippen LogP contribution in [0.1, 0.15) is 36.5 Å². The Balaban J connectivity index is 2.06. The van der Waals surface area contributed by atoms with Gasteiger partial charge >= 0.3 is 5.97 Å². The second-order valence-corrected chi connectivity index (χ2v) is 7.28. The fourth-order valence-corrected chi connectivity index (χ4v) is 2.96. The van der Waals surface area contributed by atoms with Crippen LogP contribution in [0.5, 0.6) is 17.2 Å². The Morgan fingerprint density at radius 2 is 1.81 bits per heavy atom. The van der Waals surface area contributed by atoms with Crippen molar-refractivity contribution in [3.05, 3.63) is 58.7 Å². The molecule has 0 atom stereocenters. The van der Waals surface area contributed by atoms with Gasteiger partial charge < -0.3 is 19.5 Å². The van der Waals surface area contributed by atoms with Crippen molar-refractivity contribution in [1.82, 2.24) is 5.32 Å². The van der Waals surface area contributed by atoms with E-state index in [2.05, 4.69) is 5.32 Å². The number of nitrogens with one attached hydrogen (secondary N) is 1. The molecule has 0 radical (unpaired) electrons. The van der Waals surface area contributed by atoms with Crippen molar-refractivity contribution in [3.8, 4) is 23.3 Å². The number of aryl methyl sites for hydroxylation is 2. The third kappa shape index (κ3) is 7.47. The van der Waals surface area contributed by atoms with Crippen LogP contribution in [-0.4, -0.2) is 32.1 Å². The van der Waals surface area contributed by atoms with Crippen LogP contribution >= 0.6 is 0 Å². The van der Waals surface area contributed by atoms with Gasteiger partial charge in [0.2, 0.25) is 0 Å². The highest BCUT2D eigenvalue weighted by molar-refractivity contribution is 6.01. The number of nitriles is 1. The second kappa shape index (κ2) is 12.2. The summed E-state index contributed by atoms with van der Waals surface area (Å²) in [7, 11) is 1.44. The molecule has 0 fully saturated rings. The van der Waals surface area contributed by atoms with Gasteiger partial charge in [-0.05, 0) is 67.3 Å². The number of unbranched alkanes of at least 4 members (excludes halogenated alkanes) is 1. The minimum absolute atomic E-state index is 0.0188. The van der Waals surface area contributed by atoms with Crippen molar-refractivity contribution >= 4 is 18.0 Å². The molecule has 0 saturated carbocycles. The standard InChI is InChI=1S/C25H28N2O5/c1-5-6-9-27-25(29)20(15-26)13-19-7-8-22(23(14-19)30-4)32-24(28)16-31-21-11-17(2)10-18(3)12-21/h7-8,10-14H,5-6,9,16H2,1-4H3,(H,27,29)/b20-13+. The molecule has 0 aliphatic rings. The number of rotatable bonds is 10. The lowest BCUT2D eigenvalue weighted by atomic mass is 10.1. The second-order valence-electron chi connectivity index (χ2n) is 7.28. The third-order valence-electron chi connectivity index (χ3n) is 4.46. The minimum Gasteiger partial charge on any atom is -0.493 e. The highest BCUT2D eigenvalue weighted by atomic mass is 16.6. The zero-order valence-electron chi connectivity index (χ0n) is 18.9. The number of ether oxygens (including phenoxy) is 3. The third-order valence-corrected chi connectivity index (χ3v) is 4.46. The maximum Gasteiger partial charge on any atom is 0.349 e. The molecule has 0 spiro atoms. The van der Waals surface area contributed by atoms with Crippen molar-refractivity contribution in [3.63, 3.8) is 0 Å². The molecule has 2 rings (SSSR count). The van der Waals surface area contributed by atoms with Crippen LogP contribution in [0.15, 0.2) is 42.0 Å². The van der Waals surface area contributed by atoms with E-state index in [1.807, 2.05) is 45.0 Å². The molecule has 2 aromatic carbocycles. The molecule has 0 aromatic heterocycles. The van der Waals surface area contributed by atoms with Crippen LogP contribution in [0.2, 0.25) is 0 Å². The average molecular weight is 437 g/mol. The van der Waals surface area contributed by atoms with Gasteiger partial charge in [-0.2, -0.15) is 5.26 Å². The summed E-state index contributed by atoms with van der Waals surface area (Å²) in [5.74, 6) is 0.0811. The Morgan fingerprint density at radius 3 is 2.44 bits per heavy atom. The predicted molar refractivity (Wildman–Crippen MR) is 122 cm³/mol. The summed E-state index contributed by atoms with van der Waals surface area (Å²) in [5, 5.41) is 12.0. The first kappa shape index (κ1) is 24.5. The van der Waals surface area contributed by atoms with Gasteiger partial charge in [0.05, 0.1) is 7.11 Å². The highest BCUT2D eigenvalue weighted by Crippen LogP contribution is 2.29. The van der Waals surface area contributed by atoms with Crippen LogP contribution in [-0.2, 0) is 9.59 Å². The van der Waals surface area contributed by atoms with E-state index >= 15 is 0 Å². The number of methoxy groups -OCH3 is 1. The fourth-order valence-electron chi connectivity index (χ4n) is 2.96. The first-order valence-corrected chi connectivity index (χ1v) is 10.4. The molecule has 0 saturated heterocycles. The Morgan fingerprint density at radius 1 is 1.09 bits per heavy atom. The fraction of sp³-hybridized carbons (Fsp3) is 0.320. The molecule has 2 aromatic rings. The van der Waals surface area contributed by atoms with Crippen LogP contribution in [0, 0.1) is 25.2 Å². The van der Waals surface area contributed by atoms with Gasteiger partial charge in [0, 0.05) is 6.54 Å². The normalized spacial score (nSPS) is 10.8. The summed E-state index contributed by atoms with van der Waals surface area (Å²) in [6, 6.07) is 12.4. The van der Waals surface area contributed by atoms with Crippen molar-refractivity contribution < 1.29 is 23.8 Å². The van der Waals surface area contributed by atoms with Crippen molar-refractivity contribution in [1.29, 1.82) is 5.26 Å². The zero-order valence-corrected chi connectivity index (χ0v) is 18.9. The van der Waals surface area contributed by atoms with Gasteiger partial charge in [-0.1, -0.05) is 25.5 Å². The van der Waals surface area contributed by atoms with Gasteiger partial charge in [-0.15, -0.1) is 0 Å². The quantitative estimate of drug-likeness (QED) is 0.198. The number of hydrogen-bond donors (Lipinski definition) is 1. The van der Waals surface area contributed by atoms with Gasteiger partial charge in [-0.3, -0.25) is 4.79 Å². The molecule has 168 valence electrons. The number of carbonyl (C=O) groups excluding carboxylic acids is 2. The molecule has 1 N–H and O–H groups in total. The number of carbonyl (C=O) groups is 2. The number of nitrogens with zero attached hydrogens (tertiary/aromatic N) is 1. The lowest BCUT2D eigenvalue weighted by molar-refractivity contribution is -0.136. The molecule has 7 heteroatoms. The minimum atomic E-state index is -0.584. The summed E-state index contributed by atoms with van der Waals surface area (Å²) >= 11 is 0. The van der Waals surface area contributed by atoms with E-state index in [1.54, 1.807) is 18.2 Å². The van der Waals surface area contributed by atoms with E-state index in [1.165, 1.54) is 13.2 Å². The lowest BCUT2D eigenvalue weighted by Gasteiger charge is -2.11. The Labute approximate surface area is 188 Å². The van der Waals surface area contributed by atoms with E-state index in [-0.39, 0.29) is 17.9 Å². The van der Waals surface area contributed by atoms with Crippen LogP contribution in [0.25, 0.3) is 6.08 Å². The first-order chi connectivity index (χ1) is 15.4. The van der Waals surface area contributed by atoms with Gasteiger partial charge in [0.1, 0.15) is 17.4 Å². The highest BCUT2D eigenvalue weighted by Gasteiger charge is 2.13. The Kier molecular flexibility index (Phi) is 9.30. The predicted octanol–water partition coefficient (Wildman–Crippen LogP) is 4.12. The molecule has 0 aliphatic carbocycles. The number of esters is 1. The summed E-state index contributed by atoms with van der Waals surface area (Å²) in [5.41, 5.74) is 2.62. The summed E-state index contributed by atoms with van der Waals surface area (Å²) in [6.45, 7) is 6.17. The summed E-state index contributed by atoms with van der Waals surface area (Å²) < 4.78 is 16.2. The van der Waals surface area contributed by atoms with E-state index in [0.717, 1.165) is 24.0 Å². The maximum atomic E-state index is 12.2. The van der Waals surface area contributed by atoms with E-state index in [0.29, 0.717) is 23.6 Å². The number of hydrogen-bond acceptors (Lipinski definition) is 6. The molecule has 0 bridgehead atoms. The first-order valence-electron chi connectivity index (χ1n) is 10.4. The smallest absolute Gasteiger partial charge is 0.349 e. The Hall–Kier alpha value is -3.79. The molecule has 7 nitrogen and oxygen atoms in total. The number of benzene rings is 2. The van der Waals surface area contributed by atoms with Crippen LogP contribution < -0.4 is 19.5 Å². The zero-order chi connectivity index (χ0) is 23.5. The molecular formula is C25H28N2O5. The van der Waals surface area contributed by atoms with Crippen LogP contribution in [0.3, 0.4) is 0 Å². The van der Waals surface area contributed by atoms with Crippen molar-refractivity contribution in [2.45, 2.75) is 33.6 Å². The lowest BCUT2D eigenvalue weighted by Crippen LogP contribution is -2.25. The molecule has 0 unspecified atom stereocenters. The number of amides is 1.